The quantitative estimate of drug-likeness (QED) is 0.855. The van der Waals surface area contributed by atoms with E-state index >= 15 is 0 Å². The standard InChI is InChI=1S/C15H22N6O2/c1-19-13-12(9-16-19)14(22)18-15(17-13)21-6-4-20(5-7-21)10-11-3-2-8-23-11/h9,11H,2-8,10H2,1H3,(H,17,18,22). The van der Waals surface area contributed by atoms with Gasteiger partial charge in [-0.05, 0) is 12.8 Å². The van der Waals surface area contributed by atoms with E-state index in [1.165, 1.54) is 12.8 Å². The van der Waals surface area contributed by atoms with E-state index in [4.69, 9.17) is 4.74 Å². The van der Waals surface area contributed by atoms with E-state index < -0.39 is 0 Å². The van der Waals surface area contributed by atoms with Crippen LogP contribution in [0.3, 0.4) is 0 Å². The van der Waals surface area contributed by atoms with Gasteiger partial charge in [-0.15, -0.1) is 0 Å². The summed E-state index contributed by atoms with van der Waals surface area (Å²) in [7, 11) is 1.80. The van der Waals surface area contributed by atoms with Crippen LogP contribution in [-0.2, 0) is 11.8 Å². The molecule has 2 aromatic rings. The molecular formula is C15H22N6O2. The molecule has 2 aromatic heterocycles. The van der Waals surface area contributed by atoms with Gasteiger partial charge < -0.3 is 9.64 Å². The highest BCUT2D eigenvalue weighted by molar-refractivity contribution is 5.74. The van der Waals surface area contributed by atoms with E-state index in [-0.39, 0.29) is 5.56 Å². The van der Waals surface area contributed by atoms with Crippen LogP contribution in [0.4, 0.5) is 5.95 Å². The van der Waals surface area contributed by atoms with Gasteiger partial charge in [0.2, 0.25) is 5.95 Å². The van der Waals surface area contributed by atoms with Gasteiger partial charge in [0.15, 0.2) is 5.65 Å². The second-order valence-corrected chi connectivity index (χ2v) is 6.32. The number of H-pyrrole nitrogens is 1. The Labute approximate surface area is 134 Å². The number of hydrogen-bond acceptors (Lipinski definition) is 6. The Morgan fingerprint density at radius 2 is 2.17 bits per heavy atom. The van der Waals surface area contributed by atoms with Gasteiger partial charge in [0.1, 0.15) is 5.39 Å². The molecule has 2 aliphatic heterocycles. The van der Waals surface area contributed by atoms with Crippen molar-refractivity contribution in [2.24, 2.45) is 7.05 Å². The highest BCUT2D eigenvalue weighted by Crippen LogP contribution is 2.16. The van der Waals surface area contributed by atoms with Crippen LogP contribution in [0.5, 0.6) is 0 Å². The first kappa shape index (κ1) is 14.6. The zero-order chi connectivity index (χ0) is 15.8. The average molecular weight is 318 g/mol. The molecule has 0 amide bonds. The lowest BCUT2D eigenvalue weighted by Gasteiger charge is -2.35. The molecule has 23 heavy (non-hydrogen) atoms. The van der Waals surface area contributed by atoms with Crippen molar-refractivity contribution in [3.05, 3.63) is 16.6 Å². The van der Waals surface area contributed by atoms with Crippen LogP contribution in [0.1, 0.15) is 12.8 Å². The molecule has 0 spiro atoms. The molecule has 8 heteroatoms. The molecule has 0 aliphatic carbocycles. The minimum Gasteiger partial charge on any atom is -0.377 e. The van der Waals surface area contributed by atoms with Crippen molar-refractivity contribution in [2.75, 3.05) is 44.2 Å². The van der Waals surface area contributed by atoms with Gasteiger partial charge in [-0.1, -0.05) is 0 Å². The van der Waals surface area contributed by atoms with Crippen molar-refractivity contribution in [3.63, 3.8) is 0 Å². The first-order chi connectivity index (χ1) is 11.2. The Hall–Kier alpha value is -1.93. The number of fused-ring (bicyclic) bond motifs is 1. The lowest BCUT2D eigenvalue weighted by molar-refractivity contribution is 0.0712. The normalized spacial score (nSPS) is 23.0. The van der Waals surface area contributed by atoms with Crippen LogP contribution in [-0.4, -0.2) is 70.1 Å². The molecular weight excluding hydrogens is 296 g/mol. The maximum absolute atomic E-state index is 12.1. The average Bonchev–Trinajstić information content (AvgIpc) is 3.19. The highest BCUT2D eigenvalue weighted by atomic mass is 16.5. The Morgan fingerprint density at radius 1 is 1.35 bits per heavy atom. The van der Waals surface area contributed by atoms with Gasteiger partial charge in [-0.25, -0.2) is 0 Å². The maximum Gasteiger partial charge on any atom is 0.263 e. The molecule has 124 valence electrons. The van der Waals surface area contributed by atoms with Crippen LogP contribution in [0.2, 0.25) is 0 Å². The molecule has 8 nitrogen and oxygen atoms in total. The summed E-state index contributed by atoms with van der Waals surface area (Å²) in [6.07, 6.45) is 4.31. The third-order valence-corrected chi connectivity index (χ3v) is 4.75. The molecule has 0 aromatic carbocycles. The number of piperazine rings is 1. The fourth-order valence-corrected chi connectivity index (χ4v) is 3.39. The lowest BCUT2D eigenvalue weighted by atomic mass is 10.2. The Kier molecular flexibility index (Phi) is 3.78. The molecule has 2 fully saturated rings. The van der Waals surface area contributed by atoms with Gasteiger partial charge in [-0.2, -0.15) is 10.1 Å². The fourth-order valence-electron chi connectivity index (χ4n) is 3.39. The predicted octanol–water partition coefficient (Wildman–Crippen LogP) is -0.0424. The molecule has 1 N–H and O–H groups in total. The van der Waals surface area contributed by atoms with E-state index in [0.717, 1.165) is 39.3 Å². The molecule has 4 rings (SSSR count). The molecule has 2 saturated heterocycles. The minimum absolute atomic E-state index is 0.125. The van der Waals surface area contributed by atoms with Gasteiger partial charge in [0, 0.05) is 46.4 Å². The summed E-state index contributed by atoms with van der Waals surface area (Å²) in [4.78, 5) is 24.2. The van der Waals surface area contributed by atoms with Crippen molar-refractivity contribution >= 4 is 17.0 Å². The summed E-state index contributed by atoms with van der Waals surface area (Å²) in [5.41, 5.74) is 0.505. The zero-order valence-corrected chi connectivity index (χ0v) is 13.4. The first-order valence-electron chi connectivity index (χ1n) is 8.21. The summed E-state index contributed by atoms with van der Waals surface area (Å²) in [6, 6.07) is 0. The van der Waals surface area contributed by atoms with Crippen molar-refractivity contribution < 1.29 is 4.74 Å². The number of hydrogen-bond donors (Lipinski definition) is 1. The van der Waals surface area contributed by atoms with Gasteiger partial charge in [0.05, 0.1) is 12.3 Å². The molecule has 0 bridgehead atoms. The van der Waals surface area contributed by atoms with E-state index in [1.807, 2.05) is 0 Å². The first-order valence-corrected chi connectivity index (χ1v) is 8.21. The minimum atomic E-state index is -0.125. The van der Waals surface area contributed by atoms with Gasteiger partial charge in [-0.3, -0.25) is 19.4 Å². The van der Waals surface area contributed by atoms with Crippen LogP contribution < -0.4 is 10.5 Å². The van der Waals surface area contributed by atoms with Gasteiger partial charge >= 0.3 is 0 Å². The number of aromatic amines is 1. The van der Waals surface area contributed by atoms with Crippen molar-refractivity contribution in [1.29, 1.82) is 0 Å². The molecule has 2 aliphatic rings. The number of anilines is 1. The van der Waals surface area contributed by atoms with Crippen LogP contribution in [0.25, 0.3) is 11.0 Å². The van der Waals surface area contributed by atoms with E-state index in [2.05, 4.69) is 24.9 Å². The summed E-state index contributed by atoms with van der Waals surface area (Å²) in [6.45, 7) is 5.57. The van der Waals surface area contributed by atoms with Crippen molar-refractivity contribution in [1.82, 2.24) is 24.6 Å². The van der Waals surface area contributed by atoms with Crippen LogP contribution in [0, 0.1) is 0 Å². The molecule has 4 heterocycles. The summed E-state index contributed by atoms with van der Waals surface area (Å²) >= 11 is 0. The topological polar surface area (TPSA) is 79.3 Å². The van der Waals surface area contributed by atoms with Crippen LogP contribution in [0.15, 0.2) is 11.0 Å². The Balaban J connectivity index is 1.45. The summed E-state index contributed by atoms with van der Waals surface area (Å²) in [5.74, 6) is 0.642. The predicted molar refractivity (Wildman–Crippen MR) is 86.8 cm³/mol. The summed E-state index contributed by atoms with van der Waals surface area (Å²) in [5, 5.41) is 4.64. The zero-order valence-electron chi connectivity index (χ0n) is 13.4. The number of nitrogens with one attached hydrogen (secondary N) is 1. The monoisotopic (exact) mass is 318 g/mol. The van der Waals surface area contributed by atoms with Crippen molar-refractivity contribution in [3.8, 4) is 0 Å². The van der Waals surface area contributed by atoms with Crippen molar-refractivity contribution in [2.45, 2.75) is 18.9 Å². The third-order valence-electron chi connectivity index (χ3n) is 4.75. The van der Waals surface area contributed by atoms with E-state index in [9.17, 15) is 4.79 Å². The number of aromatic nitrogens is 4. The number of ether oxygens (including phenoxy) is 1. The Morgan fingerprint density at radius 3 is 2.91 bits per heavy atom. The highest BCUT2D eigenvalue weighted by Gasteiger charge is 2.24. The molecule has 0 radical (unpaired) electrons. The van der Waals surface area contributed by atoms with E-state index in [1.54, 1.807) is 17.9 Å². The van der Waals surface area contributed by atoms with Gasteiger partial charge in [0.25, 0.3) is 5.56 Å². The van der Waals surface area contributed by atoms with E-state index in [0.29, 0.717) is 23.1 Å². The third kappa shape index (κ3) is 2.84. The van der Waals surface area contributed by atoms with Crippen LogP contribution >= 0.6 is 0 Å². The summed E-state index contributed by atoms with van der Waals surface area (Å²) < 4.78 is 7.35. The smallest absolute Gasteiger partial charge is 0.263 e. The SMILES string of the molecule is Cn1ncc2c(=O)[nH]c(N3CCN(CC4CCCO4)CC3)nc21. The number of rotatable bonds is 3. The Bertz CT molecular complexity index is 740. The number of nitrogens with zero attached hydrogens (tertiary/aromatic N) is 5. The second kappa shape index (κ2) is 5.93. The maximum atomic E-state index is 12.1. The molecule has 0 saturated carbocycles. The fraction of sp³-hybridized carbons (Fsp3) is 0.667. The molecule has 1 unspecified atom stereocenters. The molecule has 1 atom stereocenters. The largest absolute Gasteiger partial charge is 0.377 e. The lowest BCUT2D eigenvalue weighted by Crippen LogP contribution is -2.49. The second-order valence-electron chi connectivity index (χ2n) is 6.32. The number of aryl methyl sites for hydroxylation is 1.